The van der Waals surface area contributed by atoms with Crippen molar-refractivity contribution in [3.63, 3.8) is 0 Å². The van der Waals surface area contributed by atoms with Crippen molar-refractivity contribution < 1.29 is 23.4 Å². The van der Waals surface area contributed by atoms with E-state index in [0.29, 0.717) is 11.6 Å². The van der Waals surface area contributed by atoms with E-state index in [-0.39, 0.29) is 22.8 Å². The average molecular weight is 536 g/mol. The van der Waals surface area contributed by atoms with Gasteiger partial charge in [-0.2, -0.15) is 0 Å². The standard InChI is InChI=1S/C27H28FN5O4.C2H6/c1-32-8-6-21-20(13-32)23(5-7-30-21)36-18-10-27(11-18)14-33(15-27)25-24(12-29-16-31-25)37-22-4-3-17(28)9-19(22)26(34)35-2;1-2/h3-5,7,9,12,16,18H,6,8,10-11,13-15H2,1-2H3;1-2H3. The molecule has 1 aliphatic carbocycles. The molecule has 39 heavy (non-hydrogen) atoms. The molecule has 6 rings (SSSR count). The van der Waals surface area contributed by atoms with E-state index >= 15 is 0 Å². The maximum absolute atomic E-state index is 13.7. The zero-order valence-electron chi connectivity index (χ0n) is 22.8. The predicted octanol–water partition coefficient (Wildman–Crippen LogP) is 4.65. The minimum atomic E-state index is -0.682. The summed E-state index contributed by atoms with van der Waals surface area (Å²) in [6.45, 7) is 7.54. The lowest BCUT2D eigenvalue weighted by atomic mass is 9.61. The van der Waals surface area contributed by atoms with Crippen LogP contribution in [0.2, 0.25) is 0 Å². The number of pyridine rings is 1. The first-order valence-corrected chi connectivity index (χ1v) is 13.4. The van der Waals surface area contributed by atoms with E-state index in [1.165, 1.54) is 31.1 Å². The van der Waals surface area contributed by atoms with Crippen LogP contribution >= 0.6 is 0 Å². The van der Waals surface area contributed by atoms with Gasteiger partial charge in [0.25, 0.3) is 0 Å². The molecule has 0 unspecified atom stereocenters. The monoisotopic (exact) mass is 535 g/mol. The summed E-state index contributed by atoms with van der Waals surface area (Å²) in [6.07, 6.45) is 7.95. The van der Waals surface area contributed by atoms with Crippen molar-refractivity contribution in [3.8, 4) is 17.2 Å². The number of hydrogen-bond donors (Lipinski definition) is 0. The molecule has 206 valence electrons. The van der Waals surface area contributed by atoms with Gasteiger partial charge in [-0.15, -0.1) is 0 Å². The maximum atomic E-state index is 13.7. The summed E-state index contributed by atoms with van der Waals surface area (Å²) >= 11 is 0. The number of carbonyl (C=O) groups is 1. The molecule has 0 atom stereocenters. The Morgan fingerprint density at radius 3 is 2.67 bits per heavy atom. The van der Waals surface area contributed by atoms with Crippen LogP contribution in [-0.4, -0.2) is 65.7 Å². The van der Waals surface area contributed by atoms with Crippen LogP contribution in [0.3, 0.4) is 0 Å². The smallest absolute Gasteiger partial charge is 0.341 e. The molecule has 1 saturated carbocycles. The van der Waals surface area contributed by atoms with Crippen LogP contribution < -0.4 is 14.4 Å². The summed E-state index contributed by atoms with van der Waals surface area (Å²) in [5.74, 6) is 0.939. The molecule has 2 aliphatic heterocycles. The third-order valence-electron chi connectivity index (χ3n) is 7.45. The second-order valence-electron chi connectivity index (χ2n) is 10.2. The third-order valence-corrected chi connectivity index (χ3v) is 7.45. The summed E-state index contributed by atoms with van der Waals surface area (Å²) in [5.41, 5.74) is 2.54. The Hall–Kier alpha value is -3.79. The summed E-state index contributed by atoms with van der Waals surface area (Å²) < 4.78 is 30.9. The zero-order chi connectivity index (χ0) is 27.6. The molecule has 3 aliphatic rings. The maximum Gasteiger partial charge on any atom is 0.341 e. The number of benzene rings is 1. The predicted molar refractivity (Wildman–Crippen MR) is 144 cm³/mol. The fourth-order valence-corrected chi connectivity index (χ4v) is 5.60. The molecule has 1 saturated heterocycles. The highest BCUT2D eigenvalue weighted by Crippen LogP contribution is 2.52. The molecule has 0 amide bonds. The molecule has 9 nitrogen and oxygen atoms in total. The molecule has 0 bridgehead atoms. The van der Waals surface area contributed by atoms with Crippen LogP contribution in [-0.2, 0) is 17.7 Å². The zero-order valence-corrected chi connectivity index (χ0v) is 22.8. The van der Waals surface area contributed by atoms with Crippen LogP contribution in [0, 0.1) is 11.2 Å². The van der Waals surface area contributed by atoms with Crippen LogP contribution in [0.15, 0.2) is 43.0 Å². The van der Waals surface area contributed by atoms with E-state index in [2.05, 4.69) is 31.8 Å². The van der Waals surface area contributed by atoms with Gasteiger partial charge in [0.05, 0.1) is 13.3 Å². The average Bonchev–Trinajstić information content (AvgIpc) is 2.91. The Morgan fingerprint density at radius 1 is 1.10 bits per heavy atom. The van der Waals surface area contributed by atoms with Gasteiger partial charge in [0.2, 0.25) is 0 Å². The molecule has 0 N–H and O–H groups in total. The van der Waals surface area contributed by atoms with Crippen LogP contribution in [0.1, 0.15) is 48.3 Å². The van der Waals surface area contributed by atoms with Gasteiger partial charge >= 0.3 is 5.97 Å². The van der Waals surface area contributed by atoms with Gasteiger partial charge in [-0.3, -0.25) is 4.98 Å². The molecule has 3 aromatic rings. The molecular formula is C29H34FN5O4. The third kappa shape index (κ3) is 5.38. The Balaban J connectivity index is 0.00000151. The second kappa shape index (κ2) is 11.1. The van der Waals surface area contributed by atoms with Gasteiger partial charge in [-0.05, 0) is 44.2 Å². The van der Waals surface area contributed by atoms with E-state index in [1.807, 2.05) is 26.1 Å². The Morgan fingerprint density at radius 2 is 1.90 bits per heavy atom. The highest BCUT2D eigenvalue weighted by molar-refractivity contribution is 5.92. The number of esters is 1. The number of ether oxygens (including phenoxy) is 3. The fourth-order valence-electron chi connectivity index (χ4n) is 5.60. The molecule has 1 spiro atoms. The van der Waals surface area contributed by atoms with Crippen molar-refractivity contribution >= 4 is 11.8 Å². The number of halogens is 1. The highest BCUT2D eigenvalue weighted by Gasteiger charge is 2.54. The second-order valence-corrected chi connectivity index (χ2v) is 10.2. The minimum absolute atomic E-state index is 0.000797. The van der Waals surface area contributed by atoms with Crippen molar-refractivity contribution in [2.24, 2.45) is 5.41 Å². The summed E-state index contributed by atoms with van der Waals surface area (Å²) in [5, 5.41) is 0. The Bertz CT molecular complexity index is 1340. The number of rotatable bonds is 6. The summed E-state index contributed by atoms with van der Waals surface area (Å²) in [7, 11) is 3.36. The fraction of sp³-hybridized carbons (Fsp3) is 0.448. The van der Waals surface area contributed by atoms with Crippen LogP contribution in [0.5, 0.6) is 17.2 Å². The van der Waals surface area contributed by atoms with E-state index in [0.717, 1.165) is 63.0 Å². The van der Waals surface area contributed by atoms with Gasteiger partial charge in [-0.1, -0.05) is 13.8 Å². The Labute approximate surface area is 227 Å². The largest absolute Gasteiger partial charge is 0.490 e. The lowest BCUT2D eigenvalue weighted by molar-refractivity contribution is -0.0352. The lowest BCUT2D eigenvalue weighted by Crippen LogP contribution is -2.65. The van der Waals surface area contributed by atoms with Gasteiger partial charge in [0.1, 0.15) is 35.3 Å². The van der Waals surface area contributed by atoms with E-state index in [9.17, 15) is 9.18 Å². The first-order chi connectivity index (χ1) is 18.9. The Kier molecular flexibility index (Phi) is 7.65. The van der Waals surface area contributed by atoms with Crippen molar-refractivity contribution in [1.82, 2.24) is 19.9 Å². The number of methoxy groups -OCH3 is 1. The van der Waals surface area contributed by atoms with Gasteiger partial charge in [0.15, 0.2) is 11.6 Å². The number of carbonyl (C=O) groups excluding carboxylic acids is 1. The molecule has 10 heteroatoms. The molecule has 1 aromatic carbocycles. The van der Waals surface area contributed by atoms with E-state index < -0.39 is 11.8 Å². The number of nitrogens with zero attached hydrogens (tertiary/aromatic N) is 5. The van der Waals surface area contributed by atoms with Gasteiger partial charge in [0, 0.05) is 55.5 Å². The van der Waals surface area contributed by atoms with Gasteiger partial charge < -0.3 is 24.0 Å². The number of hydrogen-bond acceptors (Lipinski definition) is 9. The van der Waals surface area contributed by atoms with Gasteiger partial charge in [-0.25, -0.2) is 19.2 Å². The van der Waals surface area contributed by atoms with Crippen molar-refractivity contribution in [2.75, 3.05) is 38.7 Å². The quantitative estimate of drug-likeness (QED) is 0.418. The topological polar surface area (TPSA) is 89.9 Å². The highest BCUT2D eigenvalue weighted by atomic mass is 19.1. The minimum Gasteiger partial charge on any atom is -0.490 e. The molecule has 2 aromatic heterocycles. The van der Waals surface area contributed by atoms with Crippen molar-refractivity contribution in [2.45, 2.75) is 45.8 Å². The molecule has 2 fully saturated rings. The first-order valence-electron chi connectivity index (χ1n) is 13.4. The first kappa shape index (κ1) is 26.8. The normalized spacial score (nSPS) is 17.7. The molecule has 4 heterocycles. The number of fused-ring (bicyclic) bond motifs is 1. The van der Waals surface area contributed by atoms with Crippen LogP contribution in [0.4, 0.5) is 10.2 Å². The van der Waals surface area contributed by atoms with E-state index in [1.54, 1.807) is 6.20 Å². The van der Waals surface area contributed by atoms with Crippen molar-refractivity contribution in [1.29, 1.82) is 0 Å². The molecule has 0 radical (unpaired) electrons. The number of anilines is 1. The summed E-state index contributed by atoms with van der Waals surface area (Å²) in [4.78, 5) is 29.6. The van der Waals surface area contributed by atoms with Crippen LogP contribution in [0.25, 0.3) is 0 Å². The SMILES string of the molecule is CC.COC(=O)c1cc(F)ccc1Oc1cncnc1N1CC2(CC(Oc3ccnc4c3CN(C)CC4)C2)C1. The molecular weight excluding hydrogens is 501 g/mol. The summed E-state index contributed by atoms with van der Waals surface area (Å²) in [6, 6.07) is 5.71. The van der Waals surface area contributed by atoms with E-state index in [4.69, 9.17) is 14.2 Å². The number of likely N-dealkylation sites (N-methyl/N-ethyl adjacent to an activating group) is 1. The lowest BCUT2D eigenvalue weighted by Gasteiger charge is -2.59. The number of aromatic nitrogens is 3. The van der Waals surface area contributed by atoms with Crippen molar-refractivity contribution in [3.05, 3.63) is 65.6 Å².